The number of aryl methyl sites for hydroxylation is 2. The van der Waals surface area contributed by atoms with Gasteiger partial charge in [0.25, 0.3) is 5.91 Å². The zero-order valence-electron chi connectivity index (χ0n) is 12.7. The van der Waals surface area contributed by atoms with Crippen molar-refractivity contribution in [1.82, 2.24) is 14.9 Å². The minimum atomic E-state index is -4.02. The van der Waals surface area contributed by atoms with Crippen molar-refractivity contribution in [2.75, 3.05) is 6.54 Å². The number of nitrogens with one attached hydrogen (secondary N) is 1. The maximum Gasteiger partial charge on any atom is 0.258 e. The van der Waals surface area contributed by atoms with Crippen LogP contribution in [-0.4, -0.2) is 35.5 Å². The summed E-state index contributed by atoms with van der Waals surface area (Å²) in [4.78, 5) is 11.4. The Morgan fingerprint density at radius 2 is 1.96 bits per heavy atom. The fourth-order valence-electron chi connectivity index (χ4n) is 2.18. The van der Waals surface area contributed by atoms with Gasteiger partial charge in [-0.3, -0.25) is 10.0 Å². The summed E-state index contributed by atoms with van der Waals surface area (Å²) in [6, 6.07) is 8.82. The van der Waals surface area contributed by atoms with Gasteiger partial charge in [0, 0.05) is 6.54 Å². The number of carbonyl (C=O) groups is 1. The van der Waals surface area contributed by atoms with Crippen LogP contribution in [0.15, 0.2) is 39.8 Å². The lowest BCUT2D eigenvalue weighted by atomic mass is 10.2. The van der Waals surface area contributed by atoms with E-state index in [-0.39, 0.29) is 22.9 Å². The summed E-state index contributed by atoms with van der Waals surface area (Å²) in [7, 11) is -4.02. The fourth-order valence-corrected chi connectivity index (χ4v) is 3.86. The Labute approximate surface area is 133 Å². The lowest BCUT2D eigenvalue weighted by molar-refractivity contribution is -0.129. The van der Waals surface area contributed by atoms with Crippen LogP contribution in [0.25, 0.3) is 0 Å². The van der Waals surface area contributed by atoms with E-state index in [0.29, 0.717) is 5.56 Å². The highest BCUT2D eigenvalue weighted by atomic mass is 32.2. The molecule has 0 unspecified atom stereocenters. The zero-order chi connectivity index (χ0) is 17.0. The molecular formula is C14H17N3O5S. The summed E-state index contributed by atoms with van der Waals surface area (Å²) >= 11 is 0. The van der Waals surface area contributed by atoms with Crippen LogP contribution < -0.4 is 5.48 Å². The van der Waals surface area contributed by atoms with Crippen molar-refractivity contribution >= 4 is 15.9 Å². The fraction of sp³-hybridized carbons (Fsp3) is 0.286. The Bertz CT molecular complexity index is 766. The molecule has 1 aromatic carbocycles. The SMILES string of the molecule is Cc1noc(C)c1S(=O)(=O)N(CC(=O)NO)Cc1ccccc1. The largest absolute Gasteiger partial charge is 0.360 e. The summed E-state index contributed by atoms with van der Waals surface area (Å²) < 4.78 is 31.6. The van der Waals surface area contributed by atoms with Gasteiger partial charge >= 0.3 is 0 Å². The van der Waals surface area contributed by atoms with Crippen LogP contribution in [-0.2, 0) is 21.4 Å². The number of sulfonamides is 1. The van der Waals surface area contributed by atoms with Crippen molar-refractivity contribution < 1.29 is 22.9 Å². The molecule has 0 aliphatic rings. The first kappa shape index (κ1) is 17.1. The van der Waals surface area contributed by atoms with E-state index in [1.807, 2.05) is 0 Å². The average molecular weight is 339 g/mol. The van der Waals surface area contributed by atoms with Crippen molar-refractivity contribution in [2.24, 2.45) is 0 Å². The van der Waals surface area contributed by atoms with Gasteiger partial charge in [0.1, 0.15) is 10.6 Å². The number of carbonyl (C=O) groups excluding carboxylic acids is 1. The van der Waals surface area contributed by atoms with Gasteiger partial charge in [-0.15, -0.1) is 0 Å². The number of hydrogen-bond donors (Lipinski definition) is 2. The third kappa shape index (κ3) is 3.76. The number of benzene rings is 1. The predicted molar refractivity (Wildman–Crippen MR) is 79.9 cm³/mol. The van der Waals surface area contributed by atoms with Crippen LogP contribution >= 0.6 is 0 Å². The van der Waals surface area contributed by atoms with E-state index in [2.05, 4.69) is 5.16 Å². The molecule has 0 spiro atoms. The van der Waals surface area contributed by atoms with E-state index in [1.54, 1.807) is 30.3 Å². The summed E-state index contributed by atoms with van der Waals surface area (Å²) in [5.74, 6) is -0.693. The number of rotatable bonds is 6. The molecule has 0 saturated carbocycles. The lowest BCUT2D eigenvalue weighted by Crippen LogP contribution is -2.39. The second-order valence-corrected chi connectivity index (χ2v) is 6.82. The summed E-state index contributed by atoms with van der Waals surface area (Å²) in [5, 5.41) is 12.3. The molecule has 124 valence electrons. The van der Waals surface area contributed by atoms with E-state index in [4.69, 9.17) is 9.73 Å². The molecule has 1 amide bonds. The van der Waals surface area contributed by atoms with Crippen molar-refractivity contribution in [3.8, 4) is 0 Å². The Morgan fingerprint density at radius 1 is 1.30 bits per heavy atom. The van der Waals surface area contributed by atoms with Crippen LogP contribution in [0.4, 0.5) is 0 Å². The van der Waals surface area contributed by atoms with Crippen LogP contribution in [0.5, 0.6) is 0 Å². The molecule has 0 aliphatic carbocycles. The maximum absolute atomic E-state index is 12.9. The van der Waals surface area contributed by atoms with Gasteiger partial charge in [0.2, 0.25) is 10.0 Å². The third-order valence-corrected chi connectivity index (χ3v) is 5.25. The van der Waals surface area contributed by atoms with Gasteiger partial charge in [-0.05, 0) is 19.4 Å². The molecule has 0 bridgehead atoms. The minimum absolute atomic E-state index is 0.0271. The Hall–Kier alpha value is -2.23. The van der Waals surface area contributed by atoms with Crippen molar-refractivity contribution in [3.05, 3.63) is 47.3 Å². The number of aromatic nitrogens is 1. The monoisotopic (exact) mass is 339 g/mol. The predicted octanol–water partition coefficient (Wildman–Crippen LogP) is 0.988. The van der Waals surface area contributed by atoms with Gasteiger partial charge < -0.3 is 4.52 Å². The number of amides is 1. The van der Waals surface area contributed by atoms with Gasteiger partial charge in [-0.25, -0.2) is 13.9 Å². The van der Waals surface area contributed by atoms with E-state index >= 15 is 0 Å². The van der Waals surface area contributed by atoms with Crippen molar-refractivity contribution in [1.29, 1.82) is 0 Å². The first-order valence-electron chi connectivity index (χ1n) is 6.76. The number of nitrogens with zero attached hydrogens (tertiary/aromatic N) is 2. The van der Waals surface area contributed by atoms with Gasteiger partial charge in [0.15, 0.2) is 5.76 Å². The van der Waals surface area contributed by atoms with Crippen LogP contribution in [0, 0.1) is 13.8 Å². The molecule has 0 radical (unpaired) electrons. The highest BCUT2D eigenvalue weighted by Gasteiger charge is 2.32. The molecule has 8 nitrogen and oxygen atoms in total. The highest BCUT2D eigenvalue weighted by Crippen LogP contribution is 2.24. The molecule has 0 aliphatic heterocycles. The van der Waals surface area contributed by atoms with Gasteiger partial charge in [0.05, 0.1) is 6.54 Å². The summed E-state index contributed by atoms with van der Waals surface area (Å²) in [5.41, 5.74) is 2.36. The summed E-state index contributed by atoms with van der Waals surface area (Å²) in [6.07, 6.45) is 0. The molecule has 23 heavy (non-hydrogen) atoms. The molecule has 2 aromatic rings. The lowest BCUT2D eigenvalue weighted by Gasteiger charge is -2.21. The first-order valence-corrected chi connectivity index (χ1v) is 8.20. The van der Waals surface area contributed by atoms with Crippen LogP contribution in [0.2, 0.25) is 0 Å². The maximum atomic E-state index is 12.9. The molecule has 0 fully saturated rings. The molecule has 9 heteroatoms. The van der Waals surface area contributed by atoms with Gasteiger partial charge in [-0.1, -0.05) is 35.5 Å². The molecule has 0 saturated heterocycles. The second-order valence-electron chi connectivity index (χ2n) is 4.95. The van der Waals surface area contributed by atoms with E-state index in [0.717, 1.165) is 4.31 Å². The van der Waals surface area contributed by atoms with E-state index < -0.39 is 22.5 Å². The van der Waals surface area contributed by atoms with E-state index in [1.165, 1.54) is 19.3 Å². The van der Waals surface area contributed by atoms with Crippen LogP contribution in [0.3, 0.4) is 0 Å². The molecule has 1 aromatic heterocycles. The Kier molecular flexibility index (Phi) is 5.14. The minimum Gasteiger partial charge on any atom is -0.360 e. The highest BCUT2D eigenvalue weighted by molar-refractivity contribution is 7.89. The quantitative estimate of drug-likeness (QED) is 0.599. The van der Waals surface area contributed by atoms with Crippen molar-refractivity contribution in [3.63, 3.8) is 0 Å². The molecule has 2 N–H and O–H groups in total. The second kappa shape index (κ2) is 6.90. The summed E-state index contributed by atoms with van der Waals surface area (Å²) in [6.45, 7) is 2.44. The topological polar surface area (TPSA) is 113 Å². The third-order valence-electron chi connectivity index (χ3n) is 3.21. The smallest absolute Gasteiger partial charge is 0.258 e. The Balaban J connectivity index is 2.42. The van der Waals surface area contributed by atoms with Crippen molar-refractivity contribution in [2.45, 2.75) is 25.3 Å². The first-order chi connectivity index (χ1) is 10.9. The Morgan fingerprint density at radius 3 is 2.48 bits per heavy atom. The average Bonchev–Trinajstić information content (AvgIpc) is 2.87. The standard InChI is InChI=1S/C14H17N3O5S/c1-10-14(11(2)22-16-10)23(20,21)17(9-13(18)15-19)8-12-6-4-3-5-7-12/h3-7,19H,8-9H2,1-2H3,(H,15,18). The molecular weight excluding hydrogens is 322 g/mol. The van der Waals surface area contributed by atoms with Gasteiger partial charge in [-0.2, -0.15) is 4.31 Å². The number of hydroxylamine groups is 1. The van der Waals surface area contributed by atoms with E-state index in [9.17, 15) is 13.2 Å². The molecule has 2 rings (SSSR count). The molecule has 0 atom stereocenters. The normalized spacial score (nSPS) is 11.7. The zero-order valence-corrected chi connectivity index (χ0v) is 13.5. The molecule has 1 heterocycles. The number of hydrogen-bond acceptors (Lipinski definition) is 6. The van der Waals surface area contributed by atoms with Crippen LogP contribution in [0.1, 0.15) is 17.0 Å².